The summed E-state index contributed by atoms with van der Waals surface area (Å²) in [5.41, 5.74) is -0.311. The third-order valence-corrected chi connectivity index (χ3v) is 3.05. The number of ether oxygens (including phenoxy) is 1. The fourth-order valence-electron chi connectivity index (χ4n) is 2.07. The van der Waals surface area contributed by atoms with Crippen LogP contribution in [-0.2, 0) is 9.53 Å². The monoisotopic (exact) mass is 243 g/mol. The lowest BCUT2D eigenvalue weighted by Gasteiger charge is -2.34. The van der Waals surface area contributed by atoms with Gasteiger partial charge in [-0.1, -0.05) is 0 Å². The Hall–Kier alpha value is -0.650. The average molecular weight is 243 g/mol. The van der Waals surface area contributed by atoms with E-state index >= 15 is 0 Å². The van der Waals surface area contributed by atoms with Crippen molar-refractivity contribution in [2.45, 2.75) is 32.4 Å². The van der Waals surface area contributed by atoms with Gasteiger partial charge in [0.1, 0.15) is 0 Å². The number of methoxy groups -OCH3 is 1. The van der Waals surface area contributed by atoms with Crippen LogP contribution in [0.15, 0.2) is 0 Å². The van der Waals surface area contributed by atoms with Crippen molar-refractivity contribution in [3.05, 3.63) is 0 Å². The van der Waals surface area contributed by atoms with Gasteiger partial charge in [0.15, 0.2) is 0 Å². The highest BCUT2D eigenvalue weighted by Crippen LogP contribution is 2.06. The van der Waals surface area contributed by atoms with Gasteiger partial charge >= 0.3 is 0 Å². The van der Waals surface area contributed by atoms with Gasteiger partial charge in [-0.15, -0.1) is 0 Å². The fourth-order valence-corrected chi connectivity index (χ4v) is 2.07. The van der Waals surface area contributed by atoms with E-state index in [4.69, 9.17) is 4.74 Å². The standard InChI is InChI=1S/C12H25N3O2/c1-10(15-7-5-13-6-8-15)11(16)14-12(2,3)9-17-4/h10,13H,5-9H2,1-4H3,(H,14,16). The number of rotatable bonds is 5. The Kier molecular flexibility index (Phi) is 5.36. The van der Waals surface area contributed by atoms with Gasteiger partial charge in [-0.25, -0.2) is 0 Å². The zero-order valence-electron chi connectivity index (χ0n) is 11.4. The van der Waals surface area contributed by atoms with Gasteiger partial charge in [0.25, 0.3) is 0 Å². The molecule has 0 bridgehead atoms. The van der Waals surface area contributed by atoms with Crippen molar-refractivity contribution in [3.8, 4) is 0 Å². The molecule has 0 aromatic heterocycles. The number of nitrogens with zero attached hydrogens (tertiary/aromatic N) is 1. The van der Waals surface area contributed by atoms with Crippen LogP contribution in [0.5, 0.6) is 0 Å². The molecule has 0 saturated carbocycles. The molecule has 1 aliphatic rings. The third-order valence-electron chi connectivity index (χ3n) is 3.05. The minimum absolute atomic E-state index is 0.0757. The van der Waals surface area contributed by atoms with E-state index in [-0.39, 0.29) is 17.5 Å². The second kappa shape index (κ2) is 6.33. The first-order valence-corrected chi connectivity index (χ1v) is 6.22. The van der Waals surface area contributed by atoms with E-state index in [9.17, 15) is 4.79 Å². The number of carbonyl (C=O) groups is 1. The third kappa shape index (κ3) is 4.61. The molecule has 0 radical (unpaired) electrons. The molecule has 1 rings (SSSR count). The second-order valence-corrected chi connectivity index (χ2v) is 5.27. The Bertz CT molecular complexity index is 250. The summed E-state index contributed by atoms with van der Waals surface area (Å²) in [6.45, 7) is 10.2. The van der Waals surface area contributed by atoms with Crippen LogP contribution in [0.4, 0.5) is 0 Å². The molecule has 1 fully saturated rings. The van der Waals surface area contributed by atoms with E-state index in [1.165, 1.54) is 0 Å². The maximum Gasteiger partial charge on any atom is 0.237 e. The molecular formula is C12H25N3O2. The predicted molar refractivity (Wildman–Crippen MR) is 68.0 cm³/mol. The van der Waals surface area contributed by atoms with Crippen LogP contribution in [0.1, 0.15) is 20.8 Å². The summed E-state index contributed by atoms with van der Waals surface area (Å²) < 4.78 is 5.09. The SMILES string of the molecule is COCC(C)(C)NC(=O)C(C)N1CCNCC1. The summed E-state index contributed by atoms with van der Waals surface area (Å²) in [6, 6.07) is -0.0757. The molecule has 1 heterocycles. The first kappa shape index (κ1) is 14.4. The first-order chi connectivity index (χ1) is 7.96. The summed E-state index contributed by atoms with van der Waals surface area (Å²) >= 11 is 0. The van der Waals surface area contributed by atoms with Gasteiger partial charge in [0, 0.05) is 33.3 Å². The molecule has 1 saturated heterocycles. The molecule has 0 aromatic rings. The number of amides is 1. The molecule has 5 nitrogen and oxygen atoms in total. The number of hydrogen-bond donors (Lipinski definition) is 2. The van der Waals surface area contributed by atoms with E-state index in [0.717, 1.165) is 26.2 Å². The number of carbonyl (C=O) groups excluding carboxylic acids is 1. The maximum atomic E-state index is 12.1. The van der Waals surface area contributed by atoms with Crippen LogP contribution >= 0.6 is 0 Å². The van der Waals surface area contributed by atoms with Crippen LogP contribution in [-0.4, -0.2) is 62.3 Å². The van der Waals surface area contributed by atoms with Crippen LogP contribution in [0.3, 0.4) is 0 Å². The molecule has 2 N–H and O–H groups in total. The zero-order chi connectivity index (χ0) is 12.9. The van der Waals surface area contributed by atoms with E-state index in [2.05, 4.69) is 15.5 Å². The van der Waals surface area contributed by atoms with Gasteiger partial charge in [0.05, 0.1) is 18.2 Å². The molecule has 1 unspecified atom stereocenters. The molecule has 17 heavy (non-hydrogen) atoms. The molecule has 5 heteroatoms. The molecular weight excluding hydrogens is 218 g/mol. The molecule has 1 aliphatic heterocycles. The maximum absolute atomic E-state index is 12.1. The molecule has 0 spiro atoms. The van der Waals surface area contributed by atoms with Gasteiger partial charge in [-0.2, -0.15) is 0 Å². The number of piperazine rings is 1. The van der Waals surface area contributed by atoms with E-state index in [1.807, 2.05) is 20.8 Å². The summed E-state index contributed by atoms with van der Waals surface area (Å²) in [5, 5.41) is 6.31. The Morgan fingerprint density at radius 2 is 2.06 bits per heavy atom. The Morgan fingerprint density at radius 3 is 2.59 bits per heavy atom. The molecule has 0 aliphatic carbocycles. The Balaban J connectivity index is 2.45. The minimum Gasteiger partial charge on any atom is -0.382 e. The largest absolute Gasteiger partial charge is 0.382 e. The van der Waals surface area contributed by atoms with E-state index in [1.54, 1.807) is 7.11 Å². The summed E-state index contributed by atoms with van der Waals surface area (Å²) in [4.78, 5) is 14.3. The lowest BCUT2D eigenvalue weighted by molar-refractivity contribution is -0.128. The average Bonchev–Trinajstić information content (AvgIpc) is 2.28. The van der Waals surface area contributed by atoms with Crippen molar-refractivity contribution >= 4 is 5.91 Å². The van der Waals surface area contributed by atoms with Crippen molar-refractivity contribution in [3.63, 3.8) is 0 Å². The molecule has 0 aromatic carbocycles. The van der Waals surface area contributed by atoms with E-state index in [0.29, 0.717) is 6.61 Å². The Morgan fingerprint density at radius 1 is 1.47 bits per heavy atom. The summed E-state index contributed by atoms with van der Waals surface area (Å²) in [5.74, 6) is 0.0777. The van der Waals surface area contributed by atoms with Crippen LogP contribution in [0.2, 0.25) is 0 Å². The summed E-state index contributed by atoms with van der Waals surface area (Å²) in [6.07, 6.45) is 0. The lowest BCUT2D eigenvalue weighted by atomic mass is 10.1. The topological polar surface area (TPSA) is 53.6 Å². The van der Waals surface area contributed by atoms with Crippen molar-refractivity contribution in [1.29, 1.82) is 0 Å². The van der Waals surface area contributed by atoms with Gasteiger partial charge in [-0.3, -0.25) is 9.69 Å². The van der Waals surface area contributed by atoms with Crippen molar-refractivity contribution in [2.24, 2.45) is 0 Å². The normalized spacial score (nSPS) is 20.0. The predicted octanol–water partition coefficient (Wildman–Crippen LogP) is -0.179. The highest BCUT2D eigenvalue weighted by Gasteiger charge is 2.27. The highest BCUT2D eigenvalue weighted by atomic mass is 16.5. The smallest absolute Gasteiger partial charge is 0.237 e. The Labute approximate surface area is 104 Å². The molecule has 1 atom stereocenters. The van der Waals surface area contributed by atoms with Crippen molar-refractivity contribution in [2.75, 3.05) is 39.9 Å². The molecule has 1 amide bonds. The van der Waals surface area contributed by atoms with E-state index < -0.39 is 0 Å². The minimum atomic E-state index is -0.311. The van der Waals surface area contributed by atoms with Crippen LogP contribution in [0, 0.1) is 0 Å². The zero-order valence-corrected chi connectivity index (χ0v) is 11.4. The summed E-state index contributed by atoms with van der Waals surface area (Å²) in [7, 11) is 1.65. The van der Waals surface area contributed by atoms with Gasteiger partial charge in [0.2, 0.25) is 5.91 Å². The second-order valence-electron chi connectivity index (χ2n) is 5.27. The van der Waals surface area contributed by atoms with Crippen molar-refractivity contribution < 1.29 is 9.53 Å². The lowest BCUT2D eigenvalue weighted by Crippen LogP contribution is -2.57. The first-order valence-electron chi connectivity index (χ1n) is 6.22. The highest BCUT2D eigenvalue weighted by molar-refractivity contribution is 5.82. The van der Waals surface area contributed by atoms with Crippen LogP contribution < -0.4 is 10.6 Å². The quantitative estimate of drug-likeness (QED) is 0.703. The van der Waals surface area contributed by atoms with Gasteiger partial charge in [-0.05, 0) is 20.8 Å². The van der Waals surface area contributed by atoms with Gasteiger partial charge < -0.3 is 15.4 Å². The molecule has 100 valence electrons. The number of nitrogens with one attached hydrogen (secondary N) is 2. The van der Waals surface area contributed by atoms with Crippen molar-refractivity contribution in [1.82, 2.24) is 15.5 Å². The van der Waals surface area contributed by atoms with Crippen LogP contribution in [0.25, 0.3) is 0 Å². The fraction of sp³-hybridized carbons (Fsp3) is 0.917. The number of hydrogen-bond acceptors (Lipinski definition) is 4.